The minimum Gasteiger partial charge on any atom is -0.380 e. The molecular formula is C31H34F4N4O5. The summed E-state index contributed by atoms with van der Waals surface area (Å²) < 4.78 is 68.7. The van der Waals surface area contributed by atoms with Gasteiger partial charge in [0.15, 0.2) is 0 Å². The van der Waals surface area contributed by atoms with Gasteiger partial charge in [0.2, 0.25) is 6.10 Å². The number of fused-ring (bicyclic) bond motifs is 4. The van der Waals surface area contributed by atoms with E-state index in [-0.39, 0.29) is 30.6 Å². The van der Waals surface area contributed by atoms with Gasteiger partial charge in [-0.05, 0) is 61.6 Å². The third kappa shape index (κ3) is 5.10. The second-order valence-electron chi connectivity index (χ2n) is 11.2. The van der Waals surface area contributed by atoms with Crippen LogP contribution in [0.4, 0.5) is 17.6 Å². The SMILES string of the molecule is CCC(C=O)c1cc2n(c(=O)c1COC)Cc1c-2nc2cc(F)c(C)c3c2c1C(N(C)C(=O)C(OCNC)C(F)(F)F)CC3. The van der Waals surface area contributed by atoms with Gasteiger partial charge >= 0.3 is 6.18 Å². The van der Waals surface area contributed by atoms with Crippen LogP contribution < -0.4 is 10.9 Å². The highest BCUT2D eigenvalue weighted by molar-refractivity contribution is 5.94. The molecule has 1 aliphatic carbocycles. The molecular weight excluding hydrogens is 584 g/mol. The van der Waals surface area contributed by atoms with Crippen LogP contribution in [0, 0.1) is 12.7 Å². The number of halogens is 4. The molecule has 2 aromatic heterocycles. The molecule has 2 aliphatic rings. The highest BCUT2D eigenvalue weighted by Gasteiger charge is 2.49. The van der Waals surface area contributed by atoms with Gasteiger partial charge in [0.25, 0.3) is 11.5 Å². The van der Waals surface area contributed by atoms with E-state index >= 15 is 4.39 Å². The first kappa shape index (κ1) is 31.7. The number of carbonyl (C=O) groups excluding carboxylic acids is 2. The normalized spacial score (nSPS) is 16.9. The molecule has 0 saturated carbocycles. The van der Waals surface area contributed by atoms with Crippen LogP contribution in [0.15, 0.2) is 16.9 Å². The van der Waals surface area contributed by atoms with Crippen molar-refractivity contribution in [2.75, 3.05) is 27.9 Å². The molecule has 3 unspecified atom stereocenters. The molecule has 1 amide bonds. The number of likely N-dealkylation sites (N-methyl/N-ethyl adjacent to an activating group) is 1. The number of aromatic nitrogens is 2. The highest BCUT2D eigenvalue weighted by Crippen LogP contribution is 2.47. The van der Waals surface area contributed by atoms with E-state index in [0.717, 1.165) is 11.2 Å². The van der Waals surface area contributed by atoms with Gasteiger partial charge in [-0.3, -0.25) is 14.9 Å². The monoisotopic (exact) mass is 618 g/mol. The van der Waals surface area contributed by atoms with Crippen molar-refractivity contribution in [2.45, 2.75) is 70.5 Å². The molecule has 13 heteroatoms. The summed E-state index contributed by atoms with van der Waals surface area (Å²) in [6.45, 7) is 2.97. The average molecular weight is 619 g/mol. The molecule has 1 aromatic carbocycles. The molecule has 9 nitrogen and oxygen atoms in total. The zero-order chi connectivity index (χ0) is 32.1. The number of aldehydes is 1. The number of nitrogens with zero attached hydrogens (tertiary/aromatic N) is 3. The Hall–Kier alpha value is -3.68. The molecule has 0 bridgehead atoms. The lowest BCUT2D eigenvalue weighted by atomic mass is 9.81. The van der Waals surface area contributed by atoms with Gasteiger partial charge in [-0.15, -0.1) is 0 Å². The zero-order valence-corrected chi connectivity index (χ0v) is 25.1. The Bertz CT molecular complexity index is 1700. The molecule has 0 radical (unpaired) electrons. The largest absolute Gasteiger partial charge is 0.423 e. The fourth-order valence-electron chi connectivity index (χ4n) is 6.55. The minimum atomic E-state index is -4.96. The number of hydrogen-bond donors (Lipinski definition) is 1. The van der Waals surface area contributed by atoms with Gasteiger partial charge in [0.05, 0.1) is 42.8 Å². The van der Waals surface area contributed by atoms with E-state index in [1.165, 1.54) is 31.8 Å². The Balaban J connectivity index is 1.76. The maximum atomic E-state index is 15.1. The summed E-state index contributed by atoms with van der Waals surface area (Å²) in [5.41, 5.74) is 3.62. The second-order valence-corrected chi connectivity index (χ2v) is 11.2. The quantitative estimate of drug-likeness (QED) is 0.161. The van der Waals surface area contributed by atoms with E-state index in [1.54, 1.807) is 13.0 Å². The summed E-state index contributed by atoms with van der Waals surface area (Å²) in [5.74, 6) is -2.33. The van der Waals surface area contributed by atoms with Crippen molar-refractivity contribution in [1.29, 1.82) is 0 Å². The van der Waals surface area contributed by atoms with E-state index in [4.69, 9.17) is 14.5 Å². The van der Waals surface area contributed by atoms with Gasteiger partial charge in [-0.1, -0.05) is 6.92 Å². The third-order valence-electron chi connectivity index (χ3n) is 8.76. The van der Waals surface area contributed by atoms with Crippen LogP contribution in [-0.4, -0.2) is 66.9 Å². The van der Waals surface area contributed by atoms with Crippen molar-refractivity contribution in [2.24, 2.45) is 0 Å². The molecule has 3 aromatic rings. The molecule has 1 aliphatic heterocycles. The number of methoxy groups -OCH3 is 1. The number of aryl methyl sites for hydroxylation is 1. The van der Waals surface area contributed by atoms with Crippen LogP contribution in [0.3, 0.4) is 0 Å². The fourth-order valence-corrected chi connectivity index (χ4v) is 6.55. The molecule has 44 heavy (non-hydrogen) atoms. The Kier molecular flexibility index (Phi) is 8.67. The number of pyridine rings is 2. The van der Waals surface area contributed by atoms with Gasteiger partial charge in [0.1, 0.15) is 12.1 Å². The highest BCUT2D eigenvalue weighted by atomic mass is 19.4. The summed E-state index contributed by atoms with van der Waals surface area (Å²) >= 11 is 0. The van der Waals surface area contributed by atoms with E-state index in [9.17, 15) is 27.6 Å². The second kappa shape index (κ2) is 12.0. The number of amides is 1. The van der Waals surface area contributed by atoms with Gasteiger partial charge in [-0.25, -0.2) is 9.37 Å². The van der Waals surface area contributed by atoms with Gasteiger partial charge < -0.3 is 23.7 Å². The lowest BCUT2D eigenvalue weighted by Gasteiger charge is -2.36. The minimum absolute atomic E-state index is 0.0305. The lowest BCUT2D eigenvalue weighted by molar-refractivity contribution is -0.225. The molecule has 3 heterocycles. The first-order valence-electron chi connectivity index (χ1n) is 14.3. The summed E-state index contributed by atoms with van der Waals surface area (Å²) in [6.07, 6.45) is -5.93. The number of alkyl halides is 3. The Morgan fingerprint density at radius 3 is 2.64 bits per heavy atom. The zero-order valence-electron chi connectivity index (χ0n) is 25.1. The topological polar surface area (TPSA) is 103 Å². The standard InChI is InChI=1S/C31H34F4N4O5/c1-6-16(12-40)18-9-24-27-19(11-39(24)29(41)20(18)13-43-5)26-23(38(4)30(42)28(31(33,34)35)44-14-36-3)8-7-17-15(2)21(32)10-22(37-27)25(17)26/h9-10,12,16,23,28,36H,6-8,11,13-14H2,1-5H3. The maximum Gasteiger partial charge on any atom is 0.423 e. The van der Waals surface area contributed by atoms with Crippen LogP contribution >= 0.6 is 0 Å². The maximum absolute atomic E-state index is 15.1. The van der Waals surface area contributed by atoms with Crippen LogP contribution in [-0.2, 0) is 38.6 Å². The summed E-state index contributed by atoms with van der Waals surface area (Å²) in [5, 5.41) is 3.03. The average Bonchev–Trinajstić information content (AvgIpc) is 3.35. The van der Waals surface area contributed by atoms with E-state index in [0.29, 0.717) is 63.0 Å². The van der Waals surface area contributed by atoms with Crippen molar-refractivity contribution < 1.29 is 36.6 Å². The van der Waals surface area contributed by atoms with Crippen molar-refractivity contribution in [1.82, 2.24) is 19.8 Å². The smallest absolute Gasteiger partial charge is 0.380 e. The molecule has 0 fully saturated rings. The van der Waals surface area contributed by atoms with Crippen molar-refractivity contribution in [3.05, 3.63) is 61.7 Å². The van der Waals surface area contributed by atoms with Gasteiger partial charge in [-0.2, -0.15) is 13.2 Å². The van der Waals surface area contributed by atoms with Crippen LogP contribution in [0.25, 0.3) is 22.3 Å². The number of benzene rings is 1. The predicted molar refractivity (Wildman–Crippen MR) is 154 cm³/mol. The van der Waals surface area contributed by atoms with Gasteiger partial charge in [0, 0.05) is 42.7 Å². The molecule has 5 rings (SSSR count). The fraction of sp³-hybridized carbons (Fsp3) is 0.484. The van der Waals surface area contributed by atoms with Crippen LogP contribution in [0.5, 0.6) is 0 Å². The molecule has 1 N–H and O–H groups in total. The Morgan fingerprint density at radius 1 is 1.30 bits per heavy atom. The van der Waals surface area contributed by atoms with Crippen molar-refractivity contribution in [3.8, 4) is 11.4 Å². The lowest BCUT2D eigenvalue weighted by Crippen LogP contribution is -2.49. The van der Waals surface area contributed by atoms with E-state index < -0.39 is 42.7 Å². The molecule has 236 valence electrons. The number of nitrogens with one attached hydrogen (secondary N) is 1. The number of rotatable bonds is 10. The number of carbonyl (C=O) groups is 2. The summed E-state index contributed by atoms with van der Waals surface area (Å²) in [6, 6.07) is 2.15. The van der Waals surface area contributed by atoms with Crippen LogP contribution in [0.2, 0.25) is 0 Å². The summed E-state index contributed by atoms with van der Waals surface area (Å²) in [4.78, 5) is 45.0. The number of hydrogen-bond acceptors (Lipinski definition) is 7. The van der Waals surface area contributed by atoms with Crippen molar-refractivity contribution in [3.63, 3.8) is 0 Å². The van der Waals surface area contributed by atoms with Crippen LogP contribution in [0.1, 0.15) is 65.1 Å². The predicted octanol–water partition coefficient (Wildman–Crippen LogP) is 4.28. The first-order valence-corrected chi connectivity index (χ1v) is 14.3. The Morgan fingerprint density at radius 2 is 2.02 bits per heavy atom. The van der Waals surface area contributed by atoms with E-state index in [1.807, 2.05) is 6.92 Å². The molecule has 0 saturated heterocycles. The Labute approximate surface area is 251 Å². The number of ether oxygens (including phenoxy) is 2. The summed E-state index contributed by atoms with van der Waals surface area (Å²) in [7, 11) is 4.15. The first-order chi connectivity index (χ1) is 20.9. The third-order valence-corrected chi connectivity index (χ3v) is 8.76. The molecule has 3 atom stereocenters. The van der Waals surface area contributed by atoms with Crippen molar-refractivity contribution >= 4 is 23.1 Å². The van der Waals surface area contributed by atoms with E-state index in [2.05, 4.69) is 5.32 Å². The molecule has 0 spiro atoms.